The smallest absolute Gasteiger partial charge is 0.338 e. The minimum Gasteiger partial charge on any atom is -0.472 e. The van der Waals surface area contributed by atoms with E-state index < -0.39 is 0 Å². The average molecular weight is 347 g/mol. The van der Waals surface area contributed by atoms with Gasteiger partial charge in [-0.2, -0.15) is 0 Å². The predicted molar refractivity (Wildman–Crippen MR) is 98.1 cm³/mol. The van der Waals surface area contributed by atoms with Crippen LogP contribution < -0.4 is 4.74 Å². The number of nitrogens with zero attached hydrogens (tertiary/aromatic N) is 2. The van der Waals surface area contributed by atoms with Crippen LogP contribution in [0.1, 0.15) is 22.8 Å². The Balaban J connectivity index is 1.76. The van der Waals surface area contributed by atoms with Crippen molar-refractivity contribution in [1.29, 1.82) is 0 Å². The van der Waals surface area contributed by atoms with Crippen molar-refractivity contribution in [2.45, 2.75) is 13.5 Å². The second kappa shape index (κ2) is 6.84. The van der Waals surface area contributed by atoms with Gasteiger partial charge in [-0.05, 0) is 30.7 Å². The molecule has 0 aliphatic carbocycles. The number of benzene rings is 2. The SMILES string of the molecule is CCOC(=O)c1ccc2[nH]c3ncnc(OCc4ccccc4)c3c2c1. The van der Waals surface area contributed by atoms with E-state index in [2.05, 4.69) is 15.0 Å². The summed E-state index contributed by atoms with van der Waals surface area (Å²) in [5.41, 5.74) is 3.06. The molecular formula is C20H17N3O3. The van der Waals surface area contributed by atoms with Gasteiger partial charge in [0.15, 0.2) is 0 Å². The molecule has 6 heteroatoms. The predicted octanol–water partition coefficient (Wildman–Crippen LogP) is 3.87. The van der Waals surface area contributed by atoms with Gasteiger partial charge in [0.05, 0.1) is 17.6 Å². The third-order valence-corrected chi connectivity index (χ3v) is 4.08. The highest BCUT2D eigenvalue weighted by Crippen LogP contribution is 2.31. The molecule has 0 saturated heterocycles. The minimum absolute atomic E-state index is 0.333. The summed E-state index contributed by atoms with van der Waals surface area (Å²) in [6, 6.07) is 15.2. The monoisotopic (exact) mass is 347 g/mol. The number of hydrogen-bond donors (Lipinski definition) is 1. The maximum Gasteiger partial charge on any atom is 0.338 e. The third-order valence-electron chi connectivity index (χ3n) is 4.08. The van der Waals surface area contributed by atoms with Crippen LogP contribution in [0, 0.1) is 0 Å². The summed E-state index contributed by atoms with van der Waals surface area (Å²) in [6.07, 6.45) is 1.46. The highest BCUT2D eigenvalue weighted by atomic mass is 16.5. The van der Waals surface area contributed by atoms with Gasteiger partial charge in [0.25, 0.3) is 0 Å². The van der Waals surface area contributed by atoms with E-state index in [1.165, 1.54) is 6.33 Å². The van der Waals surface area contributed by atoms with Crippen molar-refractivity contribution < 1.29 is 14.3 Å². The number of fused-ring (bicyclic) bond motifs is 3. The van der Waals surface area contributed by atoms with Crippen LogP contribution in [0.25, 0.3) is 21.9 Å². The first-order chi connectivity index (χ1) is 12.8. The Labute approximate surface area is 149 Å². The van der Waals surface area contributed by atoms with Crippen LogP contribution in [0.2, 0.25) is 0 Å². The number of nitrogens with one attached hydrogen (secondary N) is 1. The highest BCUT2D eigenvalue weighted by Gasteiger charge is 2.15. The zero-order valence-corrected chi connectivity index (χ0v) is 14.2. The Morgan fingerprint density at radius 3 is 2.77 bits per heavy atom. The summed E-state index contributed by atoms with van der Waals surface area (Å²) in [4.78, 5) is 23.8. The van der Waals surface area contributed by atoms with E-state index in [4.69, 9.17) is 9.47 Å². The van der Waals surface area contributed by atoms with Crippen LogP contribution in [0.5, 0.6) is 5.88 Å². The van der Waals surface area contributed by atoms with Gasteiger partial charge >= 0.3 is 5.97 Å². The number of H-pyrrole nitrogens is 1. The molecule has 2 aromatic carbocycles. The number of aromatic amines is 1. The zero-order chi connectivity index (χ0) is 17.9. The number of carbonyl (C=O) groups is 1. The van der Waals surface area contributed by atoms with Gasteiger partial charge in [-0.25, -0.2) is 14.8 Å². The Morgan fingerprint density at radius 1 is 1.12 bits per heavy atom. The molecule has 130 valence electrons. The highest BCUT2D eigenvalue weighted by molar-refractivity contribution is 6.10. The lowest BCUT2D eigenvalue weighted by Crippen LogP contribution is -2.04. The van der Waals surface area contributed by atoms with E-state index in [1.807, 2.05) is 36.4 Å². The molecule has 1 N–H and O–H groups in total. The van der Waals surface area contributed by atoms with Crippen molar-refractivity contribution in [1.82, 2.24) is 15.0 Å². The van der Waals surface area contributed by atoms with E-state index in [0.29, 0.717) is 30.3 Å². The van der Waals surface area contributed by atoms with Gasteiger partial charge in [0.2, 0.25) is 5.88 Å². The van der Waals surface area contributed by atoms with E-state index in [-0.39, 0.29) is 5.97 Å². The summed E-state index contributed by atoms with van der Waals surface area (Å²) in [7, 11) is 0. The van der Waals surface area contributed by atoms with E-state index in [0.717, 1.165) is 21.9 Å². The van der Waals surface area contributed by atoms with E-state index >= 15 is 0 Å². The average Bonchev–Trinajstić information content (AvgIpc) is 3.05. The lowest BCUT2D eigenvalue weighted by Gasteiger charge is -2.06. The van der Waals surface area contributed by atoms with E-state index in [1.54, 1.807) is 19.1 Å². The molecule has 2 heterocycles. The first-order valence-electron chi connectivity index (χ1n) is 8.36. The van der Waals surface area contributed by atoms with Crippen LogP contribution in [0.3, 0.4) is 0 Å². The molecular weight excluding hydrogens is 330 g/mol. The molecule has 0 fully saturated rings. The van der Waals surface area contributed by atoms with Gasteiger partial charge in [0.1, 0.15) is 18.6 Å². The Hall–Kier alpha value is -3.41. The molecule has 0 spiro atoms. The zero-order valence-electron chi connectivity index (χ0n) is 14.2. The van der Waals surface area contributed by atoms with Crippen molar-refractivity contribution in [3.8, 4) is 5.88 Å². The van der Waals surface area contributed by atoms with Crippen molar-refractivity contribution >= 4 is 27.9 Å². The second-order valence-electron chi connectivity index (χ2n) is 5.78. The third kappa shape index (κ3) is 2.97. The number of esters is 1. The molecule has 4 rings (SSSR count). The summed E-state index contributed by atoms with van der Waals surface area (Å²) in [5, 5.41) is 1.58. The van der Waals surface area contributed by atoms with Crippen molar-refractivity contribution in [3.05, 3.63) is 66.0 Å². The topological polar surface area (TPSA) is 77.1 Å². The molecule has 0 saturated carbocycles. The molecule has 6 nitrogen and oxygen atoms in total. The number of rotatable bonds is 5. The number of hydrogen-bond acceptors (Lipinski definition) is 5. The Bertz CT molecular complexity index is 1070. The van der Waals surface area contributed by atoms with Crippen LogP contribution in [0.4, 0.5) is 0 Å². The fourth-order valence-corrected chi connectivity index (χ4v) is 2.87. The van der Waals surface area contributed by atoms with Crippen LogP contribution in [-0.2, 0) is 11.3 Å². The molecule has 0 aliphatic rings. The maximum atomic E-state index is 12.0. The standard InChI is InChI=1S/C20H17N3O3/c1-2-25-20(24)14-8-9-16-15(10-14)17-18(23-16)21-12-22-19(17)26-11-13-6-4-3-5-7-13/h3-10,12H,2,11H2,1H3,(H,21,22,23). The van der Waals surface area contributed by atoms with Gasteiger partial charge in [-0.3, -0.25) is 0 Å². The fourth-order valence-electron chi connectivity index (χ4n) is 2.87. The Kier molecular flexibility index (Phi) is 4.23. The number of aromatic nitrogens is 3. The maximum absolute atomic E-state index is 12.0. The minimum atomic E-state index is -0.354. The largest absolute Gasteiger partial charge is 0.472 e. The van der Waals surface area contributed by atoms with Crippen molar-refractivity contribution in [2.24, 2.45) is 0 Å². The van der Waals surface area contributed by atoms with Crippen molar-refractivity contribution in [3.63, 3.8) is 0 Å². The summed E-state index contributed by atoms with van der Waals surface area (Å²) in [6.45, 7) is 2.52. The van der Waals surface area contributed by atoms with Gasteiger partial charge in [-0.1, -0.05) is 30.3 Å². The molecule has 0 atom stereocenters. The molecule has 0 unspecified atom stereocenters. The lowest BCUT2D eigenvalue weighted by molar-refractivity contribution is 0.0526. The number of carbonyl (C=O) groups excluding carboxylic acids is 1. The molecule has 0 radical (unpaired) electrons. The van der Waals surface area contributed by atoms with Crippen LogP contribution >= 0.6 is 0 Å². The van der Waals surface area contributed by atoms with Gasteiger partial charge in [0, 0.05) is 10.9 Å². The van der Waals surface area contributed by atoms with E-state index in [9.17, 15) is 4.79 Å². The summed E-state index contributed by atoms with van der Waals surface area (Å²) in [5.74, 6) is 0.124. The van der Waals surface area contributed by atoms with Crippen molar-refractivity contribution in [2.75, 3.05) is 6.61 Å². The normalized spacial score (nSPS) is 11.0. The fraction of sp³-hybridized carbons (Fsp3) is 0.150. The Morgan fingerprint density at radius 2 is 1.96 bits per heavy atom. The summed E-state index contributed by atoms with van der Waals surface area (Å²) < 4.78 is 11.0. The molecule has 4 aromatic rings. The molecule has 0 aliphatic heterocycles. The van der Waals surface area contributed by atoms with Crippen LogP contribution in [0.15, 0.2) is 54.9 Å². The first-order valence-corrected chi connectivity index (χ1v) is 8.36. The molecule has 0 bridgehead atoms. The van der Waals surface area contributed by atoms with Crippen LogP contribution in [-0.4, -0.2) is 27.5 Å². The quantitative estimate of drug-likeness (QED) is 0.555. The first kappa shape index (κ1) is 16.1. The summed E-state index contributed by atoms with van der Waals surface area (Å²) >= 11 is 0. The number of ether oxygens (including phenoxy) is 2. The molecule has 2 aromatic heterocycles. The van der Waals surface area contributed by atoms with Gasteiger partial charge < -0.3 is 14.5 Å². The second-order valence-corrected chi connectivity index (χ2v) is 5.78. The lowest BCUT2D eigenvalue weighted by atomic mass is 10.1. The van der Waals surface area contributed by atoms with Gasteiger partial charge in [-0.15, -0.1) is 0 Å². The molecule has 26 heavy (non-hydrogen) atoms. The molecule has 0 amide bonds.